The van der Waals surface area contributed by atoms with Crippen LogP contribution in [0.15, 0.2) is 30.6 Å². The van der Waals surface area contributed by atoms with Crippen LogP contribution in [0, 0.1) is 0 Å². The van der Waals surface area contributed by atoms with Crippen LogP contribution < -0.4 is 0 Å². The molecule has 0 aliphatic heterocycles. The molecular weight excluding hydrogens is 339 g/mol. The minimum absolute atomic E-state index is 0.443. The summed E-state index contributed by atoms with van der Waals surface area (Å²) in [6, 6.07) is 6.96. The van der Waals surface area contributed by atoms with Crippen molar-refractivity contribution < 1.29 is 4.79 Å². The van der Waals surface area contributed by atoms with Crippen molar-refractivity contribution in [2.24, 2.45) is 0 Å². The van der Waals surface area contributed by atoms with Crippen molar-refractivity contribution >= 4 is 45.4 Å². The summed E-state index contributed by atoms with van der Waals surface area (Å²) in [7, 11) is 0. The van der Waals surface area contributed by atoms with Crippen molar-refractivity contribution in [3.63, 3.8) is 0 Å². The maximum absolute atomic E-state index is 10.7. The number of nitrogens with zero attached hydrogens (tertiary/aromatic N) is 2. The number of hydrogen-bond acceptors (Lipinski definition) is 3. The van der Waals surface area contributed by atoms with Gasteiger partial charge in [0.2, 0.25) is 0 Å². The number of rotatable bonds is 3. The molecule has 0 N–H and O–H groups in total. The fourth-order valence-electron chi connectivity index (χ4n) is 1.41. The number of aromatic nitrogens is 2. The zero-order chi connectivity index (χ0) is 13.1. The summed E-state index contributed by atoms with van der Waals surface area (Å²) in [5, 5.41) is 0.945. The van der Waals surface area contributed by atoms with Crippen LogP contribution >= 0.6 is 39.1 Å². The van der Waals surface area contributed by atoms with Crippen molar-refractivity contribution in [3.05, 3.63) is 46.3 Å². The molecule has 1 aromatic heterocycles. The van der Waals surface area contributed by atoms with E-state index in [1.54, 1.807) is 18.2 Å². The summed E-state index contributed by atoms with van der Waals surface area (Å²) in [6.07, 6.45) is 2.17. The predicted octanol–water partition coefficient (Wildman–Crippen LogP) is 4.09. The Labute approximate surface area is 122 Å². The second-order valence-corrected chi connectivity index (χ2v) is 5.30. The summed E-state index contributed by atoms with van der Waals surface area (Å²) in [5.41, 5.74) is 2.10. The van der Waals surface area contributed by atoms with Gasteiger partial charge in [-0.15, -0.1) is 0 Å². The van der Waals surface area contributed by atoms with Crippen molar-refractivity contribution in [1.82, 2.24) is 9.97 Å². The molecule has 2 aromatic rings. The number of halogens is 3. The molecule has 92 valence electrons. The molecule has 2 rings (SSSR count). The van der Waals surface area contributed by atoms with Gasteiger partial charge >= 0.3 is 0 Å². The lowest BCUT2D eigenvalue weighted by atomic mass is 10.1. The maximum Gasteiger partial charge on any atom is 0.139 e. The van der Waals surface area contributed by atoms with Gasteiger partial charge in [0.15, 0.2) is 0 Å². The van der Waals surface area contributed by atoms with E-state index in [2.05, 4.69) is 25.9 Å². The van der Waals surface area contributed by atoms with Crippen molar-refractivity contribution in [2.45, 2.75) is 4.83 Å². The van der Waals surface area contributed by atoms with Gasteiger partial charge in [-0.1, -0.05) is 45.2 Å². The number of benzene rings is 1. The van der Waals surface area contributed by atoms with E-state index in [4.69, 9.17) is 23.2 Å². The first-order chi connectivity index (χ1) is 8.61. The molecule has 0 saturated heterocycles. The van der Waals surface area contributed by atoms with E-state index in [0.717, 1.165) is 11.8 Å². The quantitative estimate of drug-likeness (QED) is 0.621. The summed E-state index contributed by atoms with van der Waals surface area (Å²) in [6.45, 7) is 0. The Morgan fingerprint density at radius 2 is 1.94 bits per heavy atom. The molecule has 0 saturated carbocycles. The van der Waals surface area contributed by atoms with E-state index >= 15 is 0 Å². The van der Waals surface area contributed by atoms with Gasteiger partial charge in [0.1, 0.15) is 17.4 Å². The van der Waals surface area contributed by atoms with Gasteiger partial charge in [0, 0.05) is 5.56 Å². The highest BCUT2D eigenvalue weighted by atomic mass is 79.9. The maximum atomic E-state index is 10.7. The second kappa shape index (κ2) is 5.78. The van der Waals surface area contributed by atoms with E-state index in [0.29, 0.717) is 21.4 Å². The Balaban J connectivity index is 2.44. The third-order valence-corrected chi connectivity index (χ3v) is 3.73. The highest BCUT2D eigenvalue weighted by Crippen LogP contribution is 2.28. The molecule has 0 fully saturated rings. The van der Waals surface area contributed by atoms with Crippen molar-refractivity contribution in [1.29, 1.82) is 0 Å². The van der Waals surface area contributed by atoms with Crippen molar-refractivity contribution in [2.75, 3.05) is 0 Å². The minimum Gasteiger partial charge on any atom is -0.302 e. The molecule has 0 radical (unpaired) electrons. The van der Waals surface area contributed by atoms with Crippen LogP contribution in [-0.4, -0.2) is 16.3 Å². The molecule has 3 nitrogen and oxygen atoms in total. The molecule has 18 heavy (non-hydrogen) atoms. The van der Waals surface area contributed by atoms with Gasteiger partial charge < -0.3 is 4.79 Å². The lowest BCUT2D eigenvalue weighted by molar-refractivity contribution is -0.107. The first kappa shape index (κ1) is 13.5. The highest BCUT2D eigenvalue weighted by molar-refractivity contribution is 9.09. The van der Waals surface area contributed by atoms with Crippen molar-refractivity contribution in [3.8, 4) is 11.3 Å². The third kappa shape index (κ3) is 2.88. The molecular formula is C12H7BrCl2N2O. The van der Waals surface area contributed by atoms with Crippen LogP contribution in [0.3, 0.4) is 0 Å². The van der Waals surface area contributed by atoms with E-state index in [1.807, 2.05) is 6.07 Å². The minimum atomic E-state index is -0.443. The SMILES string of the molecule is O=CC(Br)c1cc(-c2ccc(Cl)c(Cl)c2)ncn1. The molecule has 1 atom stereocenters. The molecule has 1 heterocycles. The molecule has 6 heteroatoms. The highest BCUT2D eigenvalue weighted by Gasteiger charge is 2.10. The number of carbonyl (C=O) groups excluding carboxylic acids is 1. The molecule has 0 spiro atoms. The van der Waals surface area contributed by atoms with Crippen LogP contribution in [0.2, 0.25) is 10.0 Å². The van der Waals surface area contributed by atoms with Gasteiger partial charge in [-0.05, 0) is 18.2 Å². The summed E-state index contributed by atoms with van der Waals surface area (Å²) < 4.78 is 0. The topological polar surface area (TPSA) is 42.9 Å². The number of alkyl halides is 1. The Morgan fingerprint density at radius 3 is 2.61 bits per heavy atom. The van der Waals surface area contributed by atoms with Crippen LogP contribution in [0.25, 0.3) is 11.3 Å². The molecule has 1 unspecified atom stereocenters. The summed E-state index contributed by atoms with van der Waals surface area (Å²) in [4.78, 5) is 18.4. The average molecular weight is 346 g/mol. The predicted molar refractivity (Wildman–Crippen MR) is 75.2 cm³/mol. The first-order valence-corrected chi connectivity index (χ1v) is 6.65. The first-order valence-electron chi connectivity index (χ1n) is 4.98. The Kier molecular flexibility index (Phi) is 4.32. The molecule has 1 aromatic carbocycles. The number of aldehydes is 1. The molecule has 0 aliphatic carbocycles. The largest absolute Gasteiger partial charge is 0.302 e. The second-order valence-electron chi connectivity index (χ2n) is 3.49. The van der Waals surface area contributed by atoms with Gasteiger partial charge in [-0.25, -0.2) is 9.97 Å². The van der Waals surface area contributed by atoms with Crippen LogP contribution in [0.1, 0.15) is 10.5 Å². The lowest BCUT2D eigenvalue weighted by Crippen LogP contribution is -1.97. The number of carbonyl (C=O) groups is 1. The van der Waals surface area contributed by atoms with Gasteiger partial charge in [0.25, 0.3) is 0 Å². The Morgan fingerprint density at radius 1 is 1.17 bits per heavy atom. The van der Waals surface area contributed by atoms with Gasteiger partial charge in [-0.2, -0.15) is 0 Å². The van der Waals surface area contributed by atoms with Crippen LogP contribution in [0.4, 0.5) is 0 Å². The van der Waals surface area contributed by atoms with Gasteiger partial charge in [0.05, 0.1) is 21.4 Å². The lowest BCUT2D eigenvalue weighted by Gasteiger charge is -2.05. The Bertz CT molecular complexity index is 592. The summed E-state index contributed by atoms with van der Waals surface area (Å²) >= 11 is 15.0. The van der Waals surface area contributed by atoms with Crippen LogP contribution in [-0.2, 0) is 4.79 Å². The third-order valence-electron chi connectivity index (χ3n) is 2.31. The zero-order valence-electron chi connectivity index (χ0n) is 8.98. The fraction of sp³-hybridized carbons (Fsp3) is 0.0833. The fourth-order valence-corrected chi connectivity index (χ4v) is 1.95. The zero-order valence-corrected chi connectivity index (χ0v) is 12.1. The summed E-state index contributed by atoms with van der Waals surface area (Å²) in [5.74, 6) is 0. The average Bonchev–Trinajstić information content (AvgIpc) is 2.41. The normalized spacial score (nSPS) is 12.2. The van der Waals surface area contributed by atoms with E-state index in [-0.39, 0.29) is 0 Å². The smallest absolute Gasteiger partial charge is 0.139 e. The van der Waals surface area contributed by atoms with Gasteiger partial charge in [-0.3, -0.25) is 0 Å². The molecule has 0 bridgehead atoms. The molecule has 0 amide bonds. The van der Waals surface area contributed by atoms with E-state index < -0.39 is 4.83 Å². The monoisotopic (exact) mass is 344 g/mol. The number of hydrogen-bond donors (Lipinski definition) is 0. The van der Waals surface area contributed by atoms with E-state index in [1.165, 1.54) is 6.33 Å². The standard InChI is InChI=1S/C12H7BrCl2N2O/c13-8(5-18)12-4-11(16-6-17-12)7-1-2-9(14)10(15)3-7/h1-6,8H. The van der Waals surface area contributed by atoms with Crippen LogP contribution in [0.5, 0.6) is 0 Å². The molecule has 0 aliphatic rings. The Hall–Kier alpha value is -0.970. The van der Waals surface area contributed by atoms with E-state index in [9.17, 15) is 4.79 Å².